The Hall–Kier alpha value is -3.49. The van der Waals surface area contributed by atoms with E-state index in [9.17, 15) is 13.2 Å². The summed E-state index contributed by atoms with van der Waals surface area (Å²) in [6, 6.07) is 10.7. The van der Waals surface area contributed by atoms with Crippen molar-refractivity contribution in [3.05, 3.63) is 54.7 Å². The number of methoxy groups -OCH3 is 1. The van der Waals surface area contributed by atoms with Crippen molar-refractivity contribution in [3.8, 4) is 17.1 Å². The van der Waals surface area contributed by atoms with Crippen molar-refractivity contribution in [2.75, 3.05) is 12.4 Å². The number of alkyl halides is 3. The van der Waals surface area contributed by atoms with Gasteiger partial charge < -0.3 is 14.5 Å². The standard InChI is InChI=1S/C20H17F3N4O2/c1-12-24-9-18(29-12)15-7-6-14(8-17(15)28-2)25-16-5-3-4-13-10-27(26-19(13)16)11-20(21,22)23/h3-10,25H,11H2,1-2H3. The van der Waals surface area contributed by atoms with Crippen LogP contribution in [0.2, 0.25) is 0 Å². The number of oxazole rings is 1. The van der Waals surface area contributed by atoms with Crippen LogP contribution in [0.25, 0.3) is 22.2 Å². The number of ether oxygens (including phenoxy) is 1. The smallest absolute Gasteiger partial charge is 0.408 e. The van der Waals surface area contributed by atoms with Crippen LogP contribution >= 0.6 is 0 Å². The second kappa shape index (κ2) is 7.16. The van der Waals surface area contributed by atoms with E-state index in [4.69, 9.17) is 9.15 Å². The van der Waals surface area contributed by atoms with E-state index < -0.39 is 12.7 Å². The number of anilines is 2. The molecule has 0 aliphatic rings. The van der Waals surface area contributed by atoms with Gasteiger partial charge >= 0.3 is 6.18 Å². The van der Waals surface area contributed by atoms with Crippen LogP contribution in [0.4, 0.5) is 24.5 Å². The largest absolute Gasteiger partial charge is 0.496 e. The minimum atomic E-state index is -4.34. The molecule has 0 saturated heterocycles. The van der Waals surface area contributed by atoms with Crippen molar-refractivity contribution in [1.29, 1.82) is 0 Å². The van der Waals surface area contributed by atoms with Crippen LogP contribution in [0.15, 0.2) is 53.2 Å². The van der Waals surface area contributed by atoms with Crippen molar-refractivity contribution >= 4 is 22.3 Å². The molecule has 0 fully saturated rings. The Bertz CT molecular complexity index is 1160. The lowest BCUT2D eigenvalue weighted by molar-refractivity contribution is -0.142. The van der Waals surface area contributed by atoms with Crippen molar-refractivity contribution < 1.29 is 22.3 Å². The topological polar surface area (TPSA) is 65.1 Å². The van der Waals surface area contributed by atoms with E-state index >= 15 is 0 Å². The molecule has 2 aromatic heterocycles. The molecule has 0 saturated carbocycles. The first kappa shape index (κ1) is 18.9. The van der Waals surface area contributed by atoms with Crippen molar-refractivity contribution in [3.63, 3.8) is 0 Å². The molecule has 0 bridgehead atoms. The van der Waals surface area contributed by atoms with Crippen LogP contribution in [0, 0.1) is 6.92 Å². The van der Waals surface area contributed by atoms with Gasteiger partial charge in [0.15, 0.2) is 11.7 Å². The molecule has 150 valence electrons. The first-order chi connectivity index (χ1) is 13.8. The van der Waals surface area contributed by atoms with Gasteiger partial charge in [0.1, 0.15) is 17.8 Å². The molecule has 2 aromatic carbocycles. The van der Waals surface area contributed by atoms with Crippen molar-refractivity contribution in [2.45, 2.75) is 19.6 Å². The Labute approximate surface area is 163 Å². The molecule has 2 heterocycles. The highest BCUT2D eigenvalue weighted by Gasteiger charge is 2.28. The molecule has 0 unspecified atom stereocenters. The summed E-state index contributed by atoms with van der Waals surface area (Å²) in [5.41, 5.74) is 2.48. The fraction of sp³-hybridized carbons (Fsp3) is 0.200. The highest BCUT2D eigenvalue weighted by Crippen LogP contribution is 2.34. The van der Waals surface area contributed by atoms with Gasteiger partial charge in [0.2, 0.25) is 0 Å². The van der Waals surface area contributed by atoms with E-state index in [1.165, 1.54) is 6.20 Å². The number of hydrogen-bond acceptors (Lipinski definition) is 5. The first-order valence-electron chi connectivity index (χ1n) is 8.73. The van der Waals surface area contributed by atoms with E-state index in [-0.39, 0.29) is 0 Å². The number of aromatic nitrogens is 3. The van der Waals surface area contributed by atoms with Crippen LogP contribution < -0.4 is 10.1 Å². The van der Waals surface area contributed by atoms with Gasteiger partial charge in [0.25, 0.3) is 0 Å². The summed E-state index contributed by atoms with van der Waals surface area (Å²) in [6.07, 6.45) is -1.34. The van der Waals surface area contributed by atoms with E-state index in [2.05, 4.69) is 15.4 Å². The van der Waals surface area contributed by atoms with Crippen molar-refractivity contribution in [1.82, 2.24) is 14.8 Å². The number of aryl methyl sites for hydroxylation is 1. The Morgan fingerprint density at radius 1 is 1.21 bits per heavy atom. The minimum Gasteiger partial charge on any atom is -0.496 e. The maximum Gasteiger partial charge on any atom is 0.408 e. The molecule has 4 rings (SSSR count). The minimum absolute atomic E-state index is 0.450. The number of benzene rings is 2. The predicted octanol–water partition coefficient (Wildman–Crippen LogP) is 5.31. The maximum atomic E-state index is 12.7. The van der Waals surface area contributed by atoms with Gasteiger partial charge in [-0.25, -0.2) is 4.98 Å². The van der Waals surface area contributed by atoms with Gasteiger partial charge in [-0.05, 0) is 18.2 Å². The van der Waals surface area contributed by atoms with E-state index in [0.717, 1.165) is 10.2 Å². The molecular formula is C20H17F3N4O2. The predicted molar refractivity (Wildman–Crippen MR) is 102 cm³/mol. The summed E-state index contributed by atoms with van der Waals surface area (Å²) in [7, 11) is 1.55. The third-order valence-electron chi connectivity index (χ3n) is 4.29. The van der Waals surface area contributed by atoms with Gasteiger partial charge in [-0.1, -0.05) is 12.1 Å². The fourth-order valence-corrected chi connectivity index (χ4v) is 3.07. The second-order valence-electron chi connectivity index (χ2n) is 6.47. The summed E-state index contributed by atoms with van der Waals surface area (Å²) in [6.45, 7) is 0.616. The Balaban J connectivity index is 1.66. The van der Waals surface area contributed by atoms with Crippen LogP contribution in [0.5, 0.6) is 5.75 Å². The monoisotopic (exact) mass is 402 g/mol. The average Bonchev–Trinajstić information content (AvgIpc) is 3.26. The number of rotatable bonds is 5. The molecule has 0 radical (unpaired) electrons. The molecule has 0 spiro atoms. The third kappa shape index (κ3) is 4.03. The Kier molecular flexibility index (Phi) is 4.65. The van der Waals surface area contributed by atoms with Crippen molar-refractivity contribution in [2.24, 2.45) is 0 Å². The van der Waals surface area contributed by atoms with Gasteiger partial charge in [-0.15, -0.1) is 0 Å². The van der Waals surface area contributed by atoms with Crippen LogP contribution in [-0.2, 0) is 6.54 Å². The second-order valence-corrected chi connectivity index (χ2v) is 6.47. The number of fused-ring (bicyclic) bond motifs is 1. The molecule has 4 aromatic rings. The molecule has 9 heteroatoms. The highest BCUT2D eigenvalue weighted by atomic mass is 19.4. The normalized spacial score (nSPS) is 11.8. The maximum absolute atomic E-state index is 12.7. The van der Waals surface area contributed by atoms with Gasteiger partial charge in [0.05, 0.1) is 24.6 Å². The lowest BCUT2D eigenvalue weighted by Crippen LogP contribution is -2.17. The summed E-state index contributed by atoms with van der Waals surface area (Å²) < 4.78 is 49.9. The zero-order valence-corrected chi connectivity index (χ0v) is 15.6. The molecule has 0 aliphatic carbocycles. The van der Waals surface area contributed by atoms with E-state index in [1.54, 1.807) is 44.5 Å². The average molecular weight is 402 g/mol. The zero-order chi connectivity index (χ0) is 20.6. The highest BCUT2D eigenvalue weighted by molar-refractivity contribution is 5.92. The molecular weight excluding hydrogens is 385 g/mol. The van der Waals surface area contributed by atoms with Crippen LogP contribution in [0.3, 0.4) is 0 Å². The zero-order valence-electron chi connectivity index (χ0n) is 15.6. The Morgan fingerprint density at radius 2 is 2.03 bits per heavy atom. The van der Waals surface area contributed by atoms with Gasteiger partial charge in [-0.3, -0.25) is 4.68 Å². The van der Waals surface area contributed by atoms with E-state index in [0.29, 0.717) is 39.7 Å². The first-order valence-corrected chi connectivity index (χ1v) is 8.73. The number of halogens is 3. The molecule has 1 N–H and O–H groups in total. The summed E-state index contributed by atoms with van der Waals surface area (Å²) in [5, 5.41) is 7.89. The molecule has 29 heavy (non-hydrogen) atoms. The number of hydrogen-bond donors (Lipinski definition) is 1. The molecule has 0 amide bonds. The van der Waals surface area contributed by atoms with Crippen LogP contribution in [0.1, 0.15) is 5.89 Å². The molecule has 0 aliphatic heterocycles. The SMILES string of the molecule is COc1cc(Nc2cccc3cn(CC(F)(F)F)nc23)ccc1-c1cnc(C)o1. The van der Waals surface area contributed by atoms with E-state index in [1.807, 2.05) is 12.1 Å². The lowest BCUT2D eigenvalue weighted by atomic mass is 10.1. The van der Waals surface area contributed by atoms with Crippen LogP contribution in [-0.4, -0.2) is 28.1 Å². The molecule has 0 atom stereocenters. The van der Waals surface area contributed by atoms with Gasteiger partial charge in [0, 0.05) is 30.3 Å². The number of nitrogens with one attached hydrogen (secondary N) is 1. The summed E-state index contributed by atoms with van der Waals surface area (Å²) in [5.74, 6) is 1.70. The Morgan fingerprint density at radius 3 is 2.72 bits per heavy atom. The summed E-state index contributed by atoms with van der Waals surface area (Å²) in [4.78, 5) is 4.09. The third-order valence-corrected chi connectivity index (χ3v) is 4.29. The number of nitrogens with zero attached hydrogens (tertiary/aromatic N) is 3. The quantitative estimate of drug-likeness (QED) is 0.490. The summed E-state index contributed by atoms with van der Waals surface area (Å²) >= 11 is 0. The fourth-order valence-electron chi connectivity index (χ4n) is 3.07. The van der Waals surface area contributed by atoms with Gasteiger partial charge in [-0.2, -0.15) is 18.3 Å². The molecule has 6 nitrogen and oxygen atoms in total. The lowest BCUT2D eigenvalue weighted by Gasteiger charge is -2.11.